The fraction of sp³-hybridized carbons (Fsp3) is 0.214. The molecule has 1 saturated carbocycles. The molecule has 1 heterocycles. The lowest BCUT2D eigenvalue weighted by Crippen LogP contribution is -2.11. The first kappa shape index (κ1) is 13.3. The average Bonchev–Trinajstić information content (AvgIpc) is 3.24. The van der Waals surface area contributed by atoms with Gasteiger partial charge in [-0.15, -0.1) is 0 Å². The molecule has 0 saturated heterocycles. The number of halogens is 1. The van der Waals surface area contributed by atoms with E-state index >= 15 is 0 Å². The molecule has 1 aliphatic rings. The molecule has 108 valence electrons. The van der Waals surface area contributed by atoms with Crippen LogP contribution >= 0.6 is 0 Å². The van der Waals surface area contributed by atoms with Gasteiger partial charge in [-0.2, -0.15) is 4.98 Å². The SMILES string of the molecule is O=C(O)c1cc(F)ccc1Oc1cc(=O)[nH]c(C2CC2)n1. The van der Waals surface area contributed by atoms with Crippen molar-refractivity contribution >= 4 is 5.97 Å². The van der Waals surface area contributed by atoms with Crippen molar-refractivity contribution in [3.63, 3.8) is 0 Å². The number of aromatic amines is 1. The predicted molar refractivity (Wildman–Crippen MR) is 70.3 cm³/mol. The van der Waals surface area contributed by atoms with E-state index < -0.39 is 11.8 Å². The summed E-state index contributed by atoms with van der Waals surface area (Å²) in [5.74, 6) is -1.34. The molecule has 2 N–H and O–H groups in total. The van der Waals surface area contributed by atoms with Crippen LogP contribution in [0.1, 0.15) is 34.9 Å². The Morgan fingerprint density at radius 2 is 2.14 bits per heavy atom. The topological polar surface area (TPSA) is 92.3 Å². The lowest BCUT2D eigenvalue weighted by molar-refractivity contribution is 0.0693. The number of hydrogen-bond acceptors (Lipinski definition) is 4. The van der Waals surface area contributed by atoms with E-state index in [0.717, 1.165) is 31.0 Å². The summed E-state index contributed by atoms with van der Waals surface area (Å²) in [5, 5.41) is 9.04. The summed E-state index contributed by atoms with van der Waals surface area (Å²) >= 11 is 0. The molecular weight excluding hydrogens is 279 g/mol. The number of carboxylic acid groups (broad SMARTS) is 1. The van der Waals surface area contributed by atoms with Gasteiger partial charge in [-0.1, -0.05) is 0 Å². The van der Waals surface area contributed by atoms with Crippen molar-refractivity contribution in [2.24, 2.45) is 0 Å². The molecule has 21 heavy (non-hydrogen) atoms. The highest BCUT2D eigenvalue weighted by molar-refractivity contribution is 5.90. The number of rotatable bonds is 4. The smallest absolute Gasteiger partial charge is 0.339 e. The van der Waals surface area contributed by atoms with Crippen molar-refractivity contribution in [2.75, 3.05) is 0 Å². The molecule has 0 aliphatic heterocycles. The Bertz CT molecular complexity index is 768. The molecular formula is C14H11FN2O4. The third-order valence-electron chi connectivity index (χ3n) is 3.09. The first-order chi connectivity index (χ1) is 10.0. The third-order valence-corrected chi connectivity index (χ3v) is 3.09. The van der Waals surface area contributed by atoms with Crippen LogP contribution in [-0.4, -0.2) is 21.0 Å². The van der Waals surface area contributed by atoms with E-state index in [1.165, 1.54) is 6.07 Å². The van der Waals surface area contributed by atoms with Crippen molar-refractivity contribution in [3.05, 3.63) is 51.8 Å². The Kier molecular flexibility index (Phi) is 3.17. The second-order valence-electron chi connectivity index (χ2n) is 4.79. The first-order valence-electron chi connectivity index (χ1n) is 6.35. The normalized spacial score (nSPS) is 14.0. The molecule has 0 atom stereocenters. The Morgan fingerprint density at radius 1 is 1.38 bits per heavy atom. The highest BCUT2D eigenvalue weighted by Gasteiger charge is 2.27. The van der Waals surface area contributed by atoms with Gasteiger partial charge in [0.1, 0.15) is 23.0 Å². The van der Waals surface area contributed by atoms with Gasteiger partial charge in [0.05, 0.1) is 6.07 Å². The fourth-order valence-corrected chi connectivity index (χ4v) is 1.93. The quantitative estimate of drug-likeness (QED) is 0.901. The van der Waals surface area contributed by atoms with Crippen LogP contribution in [0.3, 0.4) is 0 Å². The minimum absolute atomic E-state index is 0.00485. The molecule has 1 aromatic heterocycles. The van der Waals surface area contributed by atoms with Crippen LogP contribution in [0.15, 0.2) is 29.1 Å². The van der Waals surface area contributed by atoms with Crippen molar-refractivity contribution in [1.82, 2.24) is 9.97 Å². The Labute approximate surface area is 118 Å². The van der Waals surface area contributed by atoms with Crippen LogP contribution in [0.4, 0.5) is 4.39 Å². The van der Waals surface area contributed by atoms with Gasteiger partial charge < -0.3 is 14.8 Å². The van der Waals surface area contributed by atoms with Gasteiger partial charge in [0.15, 0.2) is 0 Å². The van der Waals surface area contributed by atoms with Crippen molar-refractivity contribution in [3.8, 4) is 11.6 Å². The number of aromatic carboxylic acids is 1. The molecule has 0 amide bonds. The van der Waals surface area contributed by atoms with Gasteiger partial charge in [0.2, 0.25) is 5.88 Å². The number of carboxylic acids is 1. The number of nitrogens with one attached hydrogen (secondary N) is 1. The number of H-pyrrole nitrogens is 1. The van der Waals surface area contributed by atoms with E-state index in [0.29, 0.717) is 5.82 Å². The molecule has 2 aromatic rings. The summed E-state index contributed by atoms with van der Waals surface area (Å²) in [4.78, 5) is 29.4. The molecule has 0 unspecified atom stereocenters. The van der Waals surface area contributed by atoms with Gasteiger partial charge in [-0.05, 0) is 31.0 Å². The van der Waals surface area contributed by atoms with E-state index in [2.05, 4.69) is 9.97 Å². The lowest BCUT2D eigenvalue weighted by atomic mass is 10.2. The molecule has 1 aliphatic carbocycles. The zero-order chi connectivity index (χ0) is 15.0. The summed E-state index contributed by atoms with van der Waals surface area (Å²) in [6, 6.07) is 4.25. The van der Waals surface area contributed by atoms with E-state index in [9.17, 15) is 14.0 Å². The number of aromatic nitrogens is 2. The molecule has 3 rings (SSSR count). The molecule has 0 spiro atoms. The maximum absolute atomic E-state index is 13.1. The summed E-state index contributed by atoms with van der Waals surface area (Å²) in [5.41, 5.74) is -0.703. The summed E-state index contributed by atoms with van der Waals surface area (Å²) in [6.45, 7) is 0. The highest BCUT2D eigenvalue weighted by Crippen LogP contribution is 2.38. The standard InChI is InChI=1S/C14H11FN2O4/c15-8-3-4-10(9(5-8)14(19)20)21-12-6-11(18)16-13(17-12)7-1-2-7/h3-7H,1-2H2,(H,19,20)(H,16,17,18). The van der Waals surface area contributed by atoms with E-state index in [1.54, 1.807) is 0 Å². The number of hydrogen-bond donors (Lipinski definition) is 2. The summed E-state index contributed by atoms with van der Waals surface area (Å²) < 4.78 is 18.4. The van der Waals surface area contributed by atoms with E-state index in [-0.39, 0.29) is 28.7 Å². The third kappa shape index (κ3) is 2.91. The van der Waals surface area contributed by atoms with Gasteiger partial charge in [-0.25, -0.2) is 9.18 Å². The van der Waals surface area contributed by atoms with Crippen LogP contribution in [0, 0.1) is 5.82 Å². The van der Waals surface area contributed by atoms with Gasteiger partial charge in [0.25, 0.3) is 5.56 Å². The van der Waals surface area contributed by atoms with Crippen LogP contribution in [-0.2, 0) is 0 Å². The molecule has 1 aromatic carbocycles. The molecule has 0 radical (unpaired) electrons. The molecule has 6 nitrogen and oxygen atoms in total. The average molecular weight is 290 g/mol. The Balaban J connectivity index is 1.97. The zero-order valence-electron chi connectivity index (χ0n) is 10.8. The van der Waals surface area contributed by atoms with Crippen LogP contribution in [0.2, 0.25) is 0 Å². The Hall–Kier alpha value is -2.70. The number of carbonyl (C=O) groups is 1. The number of nitrogens with zero attached hydrogens (tertiary/aromatic N) is 1. The van der Waals surface area contributed by atoms with Crippen molar-refractivity contribution in [1.29, 1.82) is 0 Å². The van der Waals surface area contributed by atoms with E-state index in [1.807, 2.05) is 0 Å². The summed E-state index contributed by atoms with van der Waals surface area (Å²) in [7, 11) is 0. The minimum atomic E-state index is -1.32. The van der Waals surface area contributed by atoms with Gasteiger partial charge in [0, 0.05) is 5.92 Å². The largest absolute Gasteiger partial charge is 0.478 e. The number of ether oxygens (including phenoxy) is 1. The second kappa shape index (κ2) is 5.01. The molecule has 0 bridgehead atoms. The molecule has 1 fully saturated rings. The first-order valence-corrected chi connectivity index (χ1v) is 6.35. The lowest BCUT2D eigenvalue weighted by Gasteiger charge is -2.08. The Morgan fingerprint density at radius 3 is 2.81 bits per heavy atom. The van der Waals surface area contributed by atoms with Crippen LogP contribution in [0.5, 0.6) is 11.6 Å². The fourth-order valence-electron chi connectivity index (χ4n) is 1.93. The maximum Gasteiger partial charge on any atom is 0.339 e. The van der Waals surface area contributed by atoms with Crippen LogP contribution < -0.4 is 10.3 Å². The minimum Gasteiger partial charge on any atom is -0.478 e. The van der Waals surface area contributed by atoms with Crippen molar-refractivity contribution < 1.29 is 19.0 Å². The van der Waals surface area contributed by atoms with Crippen LogP contribution in [0.25, 0.3) is 0 Å². The van der Waals surface area contributed by atoms with Gasteiger partial charge in [-0.3, -0.25) is 4.79 Å². The second-order valence-corrected chi connectivity index (χ2v) is 4.79. The zero-order valence-corrected chi connectivity index (χ0v) is 10.8. The number of benzene rings is 1. The molecule has 7 heteroatoms. The monoisotopic (exact) mass is 290 g/mol. The van der Waals surface area contributed by atoms with Crippen molar-refractivity contribution in [2.45, 2.75) is 18.8 Å². The summed E-state index contributed by atoms with van der Waals surface area (Å²) in [6.07, 6.45) is 1.90. The van der Waals surface area contributed by atoms with Gasteiger partial charge >= 0.3 is 5.97 Å². The van der Waals surface area contributed by atoms with E-state index in [4.69, 9.17) is 9.84 Å². The predicted octanol–water partition coefficient (Wildman–Crippen LogP) is 2.28. The highest BCUT2D eigenvalue weighted by atomic mass is 19.1. The maximum atomic E-state index is 13.1.